The maximum Gasteiger partial charge on any atom is 0.243 e. The van der Waals surface area contributed by atoms with Crippen molar-refractivity contribution in [2.24, 2.45) is 0 Å². The zero-order valence-corrected chi connectivity index (χ0v) is 13.5. The van der Waals surface area contributed by atoms with Crippen molar-refractivity contribution in [1.29, 1.82) is 0 Å². The van der Waals surface area contributed by atoms with Crippen LogP contribution in [0.3, 0.4) is 0 Å². The van der Waals surface area contributed by atoms with E-state index >= 15 is 0 Å². The summed E-state index contributed by atoms with van der Waals surface area (Å²) in [5.74, 6) is -0.511. The highest BCUT2D eigenvalue weighted by Gasteiger charge is 2.04. The number of rotatable bonds is 4. The third-order valence-corrected chi connectivity index (χ3v) is 3.64. The van der Waals surface area contributed by atoms with Crippen LogP contribution in [0, 0.1) is 5.82 Å². The molecule has 0 bridgehead atoms. The van der Waals surface area contributed by atoms with Crippen LogP contribution in [-0.2, 0) is 4.79 Å². The molecule has 104 valence electrons. The number of benzene rings is 2. The van der Waals surface area contributed by atoms with E-state index in [0.29, 0.717) is 10.2 Å². The van der Waals surface area contributed by atoms with Crippen LogP contribution < -0.4 is 10.6 Å². The summed E-state index contributed by atoms with van der Waals surface area (Å²) in [6.45, 7) is 0.105. The molecular weight excluding hydrogens is 391 g/mol. The second-order valence-corrected chi connectivity index (χ2v) is 5.81. The summed E-state index contributed by atoms with van der Waals surface area (Å²) in [5, 5.41) is 5.68. The maximum atomic E-state index is 13.1. The minimum atomic E-state index is -0.338. The highest BCUT2D eigenvalue weighted by Crippen LogP contribution is 2.20. The Morgan fingerprint density at radius 3 is 2.35 bits per heavy atom. The van der Waals surface area contributed by atoms with E-state index in [9.17, 15) is 9.18 Å². The van der Waals surface area contributed by atoms with Gasteiger partial charge in [0.2, 0.25) is 5.91 Å². The first-order valence-electron chi connectivity index (χ1n) is 5.79. The fraction of sp³-hybridized carbons (Fsp3) is 0.0714. The van der Waals surface area contributed by atoms with Gasteiger partial charge in [-0.15, -0.1) is 0 Å². The van der Waals surface area contributed by atoms with Gasteiger partial charge in [0, 0.05) is 15.8 Å². The molecule has 3 nitrogen and oxygen atoms in total. The number of carbonyl (C=O) groups excluding carboxylic acids is 1. The first kappa shape index (κ1) is 15.0. The Labute approximate surface area is 132 Å². The number of halogens is 3. The Hall–Kier alpha value is -1.40. The summed E-state index contributed by atoms with van der Waals surface area (Å²) in [6.07, 6.45) is 0. The van der Waals surface area contributed by atoms with Crippen LogP contribution in [-0.4, -0.2) is 12.5 Å². The molecule has 0 aliphatic rings. The average molecular weight is 402 g/mol. The molecule has 20 heavy (non-hydrogen) atoms. The van der Waals surface area contributed by atoms with Crippen LogP contribution in [0.25, 0.3) is 0 Å². The van der Waals surface area contributed by atoms with Crippen molar-refractivity contribution in [3.8, 4) is 0 Å². The van der Waals surface area contributed by atoms with E-state index in [-0.39, 0.29) is 18.3 Å². The minimum absolute atomic E-state index is 0.105. The number of nitrogens with one attached hydrogen (secondary N) is 2. The molecule has 0 fully saturated rings. The molecule has 0 aromatic heterocycles. The van der Waals surface area contributed by atoms with Gasteiger partial charge in [0.1, 0.15) is 5.82 Å². The highest BCUT2D eigenvalue weighted by molar-refractivity contribution is 9.10. The lowest BCUT2D eigenvalue weighted by Crippen LogP contribution is -2.21. The van der Waals surface area contributed by atoms with Crippen molar-refractivity contribution in [2.45, 2.75) is 0 Å². The van der Waals surface area contributed by atoms with Gasteiger partial charge in [-0.25, -0.2) is 4.39 Å². The van der Waals surface area contributed by atoms with Crippen molar-refractivity contribution in [2.75, 3.05) is 17.2 Å². The van der Waals surface area contributed by atoms with Crippen molar-refractivity contribution in [1.82, 2.24) is 0 Å². The van der Waals surface area contributed by atoms with E-state index < -0.39 is 0 Å². The second kappa shape index (κ2) is 6.85. The molecule has 0 heterocycles. The quantitative estimate of drug-likeness (QED) is 0.797. The number of anilines is 2. The predicted molar refractivity (Wildman–Crippen MR) is 85.4 cm³/mol. The molecule has 1 amide bonds. The largest absolute Gasteiger partial charge is 0.376 e. The molecule has 6 heteroatoms. The molecule has 0 saturated heterocycles. The van der Waals surface area contributed by atoms with Crippen molar-refractivity contribution < 1.29 is 9.18 Å². The van der Waals surface area contributed by atoms with Gasteiger partial charge in [0.05, 0.1) is 11.0 Å². The first-order chi connectivity index (χ1) is 9.54. The van der Waals surface area contributed by atoms with Gasteiger partial charge in [0.25, 0.3) is 0 Å². The molecule has 0 aliphatic carbocycles. The van der Waals surface area contributed by atoms with Gasteiger partial charge < -0.3 is 10.6 Å². The lowest BCUT2D eigenvalue weighted by atomic mass is 10.3. The predicted octanol–water partition coefficient (Wildman–Crippen LogP) is 4.40. The van der Waals surface area contributed by atoms with E-state index in [1.54, 1.807) is 24.3 Å². The zero-order valence-electron chi connectivity index (χ0n) is 10.3. The monoisotopic (exact) mass is 400 g/mol. The summed E-state index contributed by atoms with van der Waals surface area (Å²) in [4.78, 5) is 11.8. The van der Waals surface area contributed by atoms with Crippen molar-refractivity contribution in [3.63, 3.8) is 0 Å². The SMILES string of the molecule is O=C(CNc1ccc(F)c(Br)c1)Nc1ccc(Br)cc1. The van der Waals surface area contributed by atoms with E-state index in [1.807, 2.05) is 12.1 Å². The third kappa shape index (κ3) is 4.31. The molecule has 0 aliphatic heterocycles. The summed E-state index contributed by atoms with van der Waals surface area (Å²) in [6, 6.07) is 11.8. The summed E-state index contributed by atoms with van der Waals surface area (Å²) in [5.41, 5.74) is 1.39. The Kier molecular flexibility index (Phi) is 5.14. The smallest absolute Gasteiger partial charge is 0.243 e. The van der Waals surface area contributed by atoms with Crippen LogP contribution in [0.15, 0.2) is 51.4 Å². The molecule has 2 N–H and O–H groups in total. The summed E-state index contributed by atoms with van der Waals surface area (Å²) in [7, 11) is 0. The van der Waals surface area contributed by atoms with Gasteiger partial charge in [-0.3, -0.25) is 4.79 Å². The fourth-order valence-electron chi connectivity index (χ4n) is 1.53. The summed E-state index contributed by atoms with van der Waals surface area (Å²) >= 11 is 6.42. The van der Waals surface area contributed by atoms with Gasteiger partial charge in [-0.1, -0.05) is 15.9 Å². The Balaban J connectivity index is 1.88. The Morgan fingerprint density at radius 1 is 1.05 bits per heavy atom. The van der Waals surface area contributed by atoms with Crippen molar-refractivity contribution >= 4 is 49.1 Å². The van der Waals surface area contributed by atoms with Crippen LogP contribution in [0.4, 0.5) is 15.8 Å². The molecule has 2 rings (SSSR count). The Morgan fingerprint density at radius 2 is 1.70 bits per heavy atom. The molecule has 2 aromatic rings. The second-order valence-electron chi connectivity index (χ2n) is 4.04. The minimum Gasteiger partial charge on any atom is -0.376 e. The van der Waals surface area contributed by atoms with Crippen molar-refractivity contribution in [3.05, 3.63) is 57.2 Å². The number of hydrogen-bond donors (Lipinski definition) is 2. The molecule has 0 radical (unpaired) electrons. The summed E-state index contributed by atoms with van der Waals surface area (Å²) < 4.78 is 14.4. The average Bonchev–Trinajstić information content (AvgIpc) is 2.43. The van der Waals surface area contributed by atoms with Crippen LogP contribution in [0.2, 0.25) is 0 Å². The van der Waals surface area contributed by atoms with E-state index in [4.69, 9.17) is 0 Å². The standard InChI is InChI=1S/C14H11Br2FN2O/c15-9-1-3-10(4-2-9)19-14(20)8-18-11-5-6-13(17)12(16)7-11/h1-7,18H,8H2,(H,19,20). The number of amides is 1. The van der Waals surface area contributed by atoms with E-state index in [2.05, 4.69) is 42.5 Å². The highest BCUT2D eigenvalue weighted by atomic mass is 79.9. The zero-order chi connectivity index (χ0) is 14.5. The topological polar surface area (TPSA) is 41.1 Å². The normalized spacial score (nSPS) is 10.2. The molecule has 0 saturated carbocycles. The fourth-order valence-corrected chi connectivity index (χ4v) is 2.17. The first-order valence-corrected chi connectivity index (χ1v) is 7.37. The van der Waals surface area contributed by atoms with Crippen LogP contribution in [0.1, 0.15) is 0 Å². The van der Waals surface area contributed by atoms with Gasteiger partial charge in [-0.2, -0.15) is 0 Å². The molecule has 2 aromatic carbocycles. The number of hydrogen-bond acceptors (Lipinski definition) is 2. The maximum absolute atomic E-state index is 13.1. The van der Waals surface area contributed by atoms with Gasteiger partial charge >= 0.3 is 0 Å². The Bertz CT molecular complexity index is 617. The van der Waals surface area contributed by atoms with Crippen LogP contribution >= 0.6 is 31.9 Å². The third-order valence-electron chi connectivity index (χ3n) is 2.50. The van der Waals surface area contributed by atoms with Crippen LogP contribution in [0.5, 0.6) is 0 Å². The molecule has 0 spiro atoms. The molecule has 0 unspecified atom stereocenters. The lowest BCUT2D eigenvalue weighted by Gasteiger charge is -2.08. The molecule has 0 atom stereocenters. The van der Waals surface area contributed by atoms with E-state index in [1.165, 1.54) is 6.07 Å². The van der Waals surface area contributed by atoms with E-state index in [0.717, 1.165) is 10.2 Å². The van der Waals surface area contributed by atoms with Gasteiger partial charge in [0.15, 0.2) is 0 Å². The number of carbonyl (C=O) groups is 1. The molecular formula is C14H11Br2FN2O. The van der Waals surface area contributed by atoms with Gasteiger partial charge in [-0.05, 0) is 58.4 Å². The lowest BCUT2D eigenvalue weighted by molar-refractivity contribution is -0.114.